The van der Waals surface area contributed by atoms with Gasteiger partial charge in [0.25, 0.3) is 0 Å². The van der Waals surface area contributed by atoms with Gasteiger partial charge in [-0.25, -0.2) is 9.69 Å². The molecule has 0 N–H and O–H groups in total. The maximum atomic E-state index is 13.1. The summed E-state index contributed by atoms with van der Waals surface area (Å²) in [4.78, 5) is 39.6. The summed E-state index contributed by atoms with van der Waals surface area (Å²) in [6, 6.07) is 4.65. The number of ether oxygens (including phenoxy) is 1. The molecule has 2 amide bonds. The van der Waals surface area contributed by atoms with E-state index < -0.39 is 5.97 Å². The quantitative estimate of drug-likeness (QED) is 0.465. The summed E-state index contributed by atoms with van der Waals surface area (Å²) in [7, 11) is 0. The van der Waals surface area contributed by atoms with Crippen LogP contribution in [0.15, 0.2) is 30.4 Å². The SMILES string of the molecule is CCOC(=O)c1cc(N2C(=O)[C@@H]3[C@@H]4C=C[C@H]([C@H]5C[C@H]45)[C@@H]3C2=O)ccc1Cl. The van der Waals surface area contributed by atoms with Crippen LogP contribution >= 0.6 is 11.6 Å². The Bertz CT molecular complexity index is 843. The van der Waals surface area contributed by atoms with E-state index in [1.165, 1.54) is 17.0 Å². The van der Waals surface area contributed by atoms with Gasteiger partial charge in [-0.3, -0.25) is 9.59 Å². The molecule has 6 atom stereocenters. The Morgan fingerprint density at radius 3 is 2.35 bits per heavy atom. The van der Waals surface area contributed by atoms with Crippen LogP contribution in [0.2, 0.25) is 5.02 Å². The number of imide groups is 1. The minimum Gasteiger partial charge on any atom is -0.462 e. The van der Waals surface area contributed by atoms with E-state index in [0.29, 0.717) is 17.5 Å². The van der Waals surface area contributed by atoms with Gasteiger partial charge in [0.15, 0.2) is 0 Å². The smallest absolute Gasteiger partial charge is 0.339 e. The molecule has 2 bridgehead atoms. The average Bonchev–Trinajstić information content (AvgIpc) is 3.40. The van der Waals surface area contributed by atoms with Crippen LogP contribution in [0.3, 0.4) is 0 Å². The average molecular weight is 372 g/mol. The van der Waals surface area contributed by atoms with Gasteiger partial charge in [-0.2, -0.15) is 0 Å². The number of allylic oxidation sites excluding steroid dienone is 2. The van der Waals surface area contributed by atoms with Crippen molar-refractivity contribution in [1.82, 2.24) is 0 Å². The van der Waals surface area contributed by atoms with Gasteiger partial charge in [0, 0.05) is 0 Å². The predicted molar refractivity (Wildman–Crippen MR) is 94.6 cm³/mol. The van der Waals surface area contributed by atoms with Crippen LogP contribution < -0.4 is 4.90 Å². The highest BCUT2D eigenvalue weighted by molar-refractivity contribution is 6.34. The lowest BCUT2D eigenvalue weighted by atomic mass is 9.63. The number of carbonyl (C=O) groups excluding carboxylic acids is 3. The zero-order valence-corrected chi connectivity index (χ0v) is 15.0. The van der Waals surface area contributed by atoms with E-state index >= 15 is 0 Å². The molecule has 1 heterocycles. The first kappa shape index (κ1) is 16.1. The molecule has 26 heavy (non-hydrogen) atoms. The predicted octanol–water partition coefficient (Wildman–Crippen LogP) is 3.07. The van der Waals surface area contributed by atoms with Crippen LogP contribution in [0.25, 0.3) is 0 Å². The molecular formula is C20H18ClNO4. The Balaban J connectivity index is 1.52. The third-order valence-corrected chi connectivity index (χ3v) is 6.70. The summed E-state index contributed by atoms with van der Waals surface area (Å²) in [5, 5.41) is 0.242. The van der Waals surface area contributed by atoms with Crippen molar-refractivity contribution >= 4 is 35.1 Å². The summed E-state index contributed by atoms with van der Waals surface area (Å²) < 4.78 is 5.02. The molecule has 1 saturated heterocycles. The fourth-order valence-corrected chi connectivity index (χ4v) is 5.42. The Labute approximate surface area is 155 Å². The summed E-state index contributed by atoms with van der Waals surface area (Å²) in [6.45, 7) is 1.94. The summed E-state index contributed by atoms with van der Waals surface area (Å²) >= 11 is 6.11. The van der Waals surface area contributed by atoms with Gasteiger partial charge in [0.05, 0.1) is 34.7 Å². The molecule has 6 rings (SSSR count). The van der Waals surface area contributed by atoms with Crippen molar-refractivity contribution in [2.45, 2.75) is 13.3 Å². The van der Waals surface area contributed by atoms with E-state index in [1.807, 2.05) is 0 Å². The molecule has 134 valence electrons. The van der Waals surface area contributed by atoms with Crippen LogP contribution in [0, 0.1) is 35.5 Å². The van der Waals surface area contributed by atoms with Crippen LogP contribution in [0.5, 0.6) is 0 Å². The third-order valence-electron chi connectivity index (χ3n) is 6.37. The van der Waals surface area contributed by atoms with Crippen LogP contribution in [-0.2, 0) is 14.3 Å². The minimum atomic E-state index is -0.557. The largest absolute Gasteiger partial charge is 0.462 e. The van der Waals surface area contributed by atoms with Crippen LogP contribution in [0.1, 0.15) is 23.7 Å². The highest BCUT2D eigenvalue weighted by Gasteiger charge is 2.67. The minimum absolute atomic E-state index is 0.151. The van der Waals surface area contributed by atoms with E-state index in [9.17, 15) is 14.4 Å². The number of rotatable bonds is 3. The molecule has 3 fully saturated rings. The standard InChI is InChI=1S/C20H18ClNO4/c1-2-26-20(25)14-7-9(3-6-15(14)21)22-18(23)16-10-4-5-11(13-8-12(10)13)17(16)19(22)24/h3-7,10-13,16-17H,2,8H2,1H3/t10-,11-,12-,13-,16-,17+/m1/s1. The highest BCUT2D eigenvalue weighted by Crippen LogP contribution is 2.65. The van der Waals surface area contributed by atoms with Gasteiger partial charge in [-0.05, 0) is 55.2 Å². The molecule has 4 aliphatic carbocycles. The summed E-state index contributed by atoms with van der Waals surface area (Å²) in [6.07, 6.45) is 5.41. The molecule has 0 radical (unpaired) electrons. The molecule has 6 heteroatoms. The normalized spacial score (nSPS) is 36.2. The maximum absolute atomic E-state index is 13.1. The molecule has 1 aliphatic heterocycles. The second-order valence-corrected chi connectivity index (χ2v) is 7.96. The topological polar surface area (TPSA) is 63.7 Å². The lowest BCUT2D eigenvalue weighted by Gasteiger charge is -2.37. The van der Waals surface area contributed by atoms with E-state index in [1.54, 1.807) is 13.0 Å². The fraction of sp³-hybridized carbons (Fsp3) is 0.450. The number of esters is 1. The van der Waals surface area contributed by atoms with Crippen molar-refractivity contribution in [2.24, 2.45) is 35.5 Å². The van der Waals surface area contributed by atoms with Gasteiger partial charge in [0.1, 0.15) is 0 Å². The fourth-order valence-electron chi connectivity index (χ4n) is 5.23. The highest BCUT2D eigenvalue weighted by atomic mass is 35.5. The monoisotopic (exact) mass is 371 g/mol. The van der Waals surface area contributed by atoms with Gasteiger partial charge < -0.3 is 4.74 Å². The van der Waals surface area contributed by atoms with Crippen molar-refractivity contribution in [1.29, 1.82) is 0 Å². The Morgan fingerprint density at radius 1 is 1.15 bits per heavy atom. The van der Waals surface area contributed by atoms with E-state index in [-0.39, 0.29) is 52.7 Å². The zero-order chi connectivity index (χ0) is 18.2. The Morgan fingerprint density at radius 2 is 1.77 bits per heavy atom. The van der Waals surface area contributed by atoms with Gasteiger partial charge >= 0.3 is 5.97 Å². The Kier molecular flexibility index (Phi) is 3.35. The number of benzene rings is 1. The number of hydrogen-bond donors (Lipinski definition) is 0. The maximum Gasteiger partial charge on any atom is 0.339 e. The number of amides is 2. The number of nitrogens with zero attached hydrogens (tertiary/aromatic N) is 1. The van der Waals surface area contributed by atoms with Crippen LogP contribution in [-0.4, -0.2) is 24.4 Å². The lowest BCUT2D eigenvalue weighted by molar-refractivity contribution is -0.124. The van der Waals surface area contributed by atoms with Gasteiger partial charge in [-0.1, -0.05) is 23.8 Å². The zero-order valence-electron chi connectivity index (χ0n) is 14.2. The first-order chi connectivity index (χ1) is 12.5. The number of halogens is 1. The molecule has 0 spiro atoms. The first-order valence-corrected chi connectivity index (χ1v) is 9.43. The van der Waals surface area contributed by atoms with Crippen molar-refractivity contribution in [3.05, 3.63) is 40.9 Å². The molecule has 0 aromatic heterocycles. The third kappa shape index (κ3) is 2.01. The second-order valence-electron chi connectivity index (χ2n) is 7.55. The van der Waals surface area contributed by atoms with Crippen molar-refractivity contribution < 1.29 is 19.1 Å². The first-order valence-electron chi connectivity index (χ1n) is 9.05. The summed E-state index contributed by atoms with van der Waals surface area (Å²) in [5.41, 5.74) is 0.570. The van der Waals surface area contributed by atoms with Gasteiger partial charge in [-0.15, -0.1) is 0 Å². The molecular weight excluding hydrogens is 354 g/mol. The van der Waals surface area contributed by atoms with Crippen molar-refractivity contribution in [3.8, 4) is 0 Å². The number of carbonyl (C=O) groups is 3. The second kappa shape index (κ2) is 5.43. The Hall–Kier alpha value is -2.14. The van der Waals surface area contributed by atoms with Crippen molar-refractivity contribution in [3.63, 3.8) is 0 Å². The van der Waals surface area contributed by atoms with E-state index in [4.69, 9.17) is 16.3 Å². The molecule has 2 saturated carbocycles. The lowest BCUT2D eigenvalue weighted by Crippen LogP contribution is -2.40. The van der Waals surface area contributed by atoms with Crippen LogP contribution in [0.4, 0.5) is 5.69 Å². The molecule has 5 nitrogen and oxygen atoms in total. The molecule has 0 unspecified atom stereocenters. The molecule has 1 aromatic rings. The summed E-state index contributed by atoms with van der Waals surface area (Å²) in [5.74, 6) is 0.0847. The van der Waals surface area contributed by atoms with Gasteiger partial charge in [0.2, 0.25) is 11.8 Å². The van der Waals surface area contributed by atoms with E-state index in [0.717, 1.165) is 6.42 Å². The van der Waals surface area contributed by atoms with E-state index in [2.05, 4.69) is 12.2 Å². The molecule has 1 aromatic carbocycles. The number of anilines is 1. The number of hydrogen-bond acceptors (Lipinski definition) is 4. The molecule has 5 aliphatic rings. The van der Waals surface area contributed by atoms with Crippen molar-refractivity contribution in [2.75, 3.05) is 11.5 Å².